The summed E-state index contributed by atoms with van der Waals surface area (Å²) >= 11 is 0. The predicted octanol–water partition coefficient (Wildman–Crippen LogP) is 7.56. The van der Waals surface area contributed by atoms with Gasteiger partial charge >= 0.3 is 0 Å². The van der Waals surface area contributed by atoms with Crippen molar-refractivity contribution in [3.63, 3.8) is 0 Å². The quantitative estimate of drug-likeness (QED) is 0.147. The van der Waals surface area contributed by atoms with Crippen molar-refractivity contribution in [3.8, 4) is 0 Å². The van der Waals surface area contributed by atoms with E-state index in [0.717, 1.165) is 47.1 Å². The van der Waals surface area contributed by atoms with Gasteiger partial charge in [-0.1, -0.05) is 43.3 Å². The molecule has 6 heterocycles. The molecule has 6 rings (SSSR count). The Morgan fingerprint density at radius 2 is 0.554 bits per heavy atom. The van der Waals surface area contributed by atoms with Gasteiger partial charge in [-0.05, 0) is 79.2 Å². The van der Waals surface area contributed by atoms with Crippen molar-refractivity contribution in [1.82, 2.24) is 29.9 Å². The van der Waals surface area contributed by atoms with Crippen molar-refractivity contribution in [2.75, 3.05) is 41.8 Å². The molecule has 56 heavy (non-hydrogen) atoms. The molecule has 288 valence electrons. The molecule has 0 atom stereocenters. The van der Waals surface area contributed by atoms with Crippen LogP contribution in [0.2, 0.25) is 0 Å². The van der Waals surface area contributed by atoms with E-state index in [1.807, 2.05) is 115 Å². The highest BCUT2D eigenvalue weighted by atomic mass is 14.8. The Morgan fingerprint density at radius 3 is 0.714 bits per heavy atom. The van der Waals surface area contributed by atoms with Crippen LogP contribution in [0.5, 0.6) is 0 Å². The second-order valence-corrected chi connectivity index (χ2v) is 10.5. The van der Waals surface area contributed by atoms with Gasteiger partial charge in [-0.25, -0.2) is 0 Å². The van der Waals surface area contributed by atoms with Crippen molar-refractivity contribution >= 4 is 37.3 Å². The van der Waals surface area contributed by atoms with E-state index < -0.39 is 0 Å². The average molecular weight is 749 g/mol. The first-order valence-corrected chi connectivity index (χ1v) is 17.7. The van der Waals surface area contributed by atoms with E-state index in [1.165, 1.54) is 0 Å². The van der Waals surface area contributed by atoms with Crippen LogP contribution in [0.3, 0.4) is 0 Å². The van der Waals surface area contributed by atoms with E-state index in [9.17, 15) is 0 Å². The number of rotatable bonds is 8. The average Bonchev–Trinajstić information content (AvgIpc) is 3.25. The summed E-state index contributed by atoms with van der Waals surface area (Å²) in [4.78, 5) is 47.5. The first kappa shape index (κ1) is 46.9. The van der Waals surface area contributed by atoms with E-state index in [4.69, 9.17) is 0 Å². The maximum atomic E-state index is 4.17. The maximum absolute atomic E-state index is 4.17. The number of pyridine rings is 6. The lowest BCUT2D eigenvalue weighted by atomic mass is 10.4. The van der Waals surface area contributed by atoms with Crippen LogP contribution < -0.4 is 0 Å². The number of aliphatic imine (C=N–C) groups is 6. The summed E-state index contributed by atoms with van der Waals surface area (Å²) in [5.41, 5.74) is 5.45. The predicted molar refractivity (Wildman–Crippen MR) is 236 cm³/mol. The van der Waals surface area contributed by atoms with Gasteiger partial charge in [0.1, 0.15) is 0 Å². The highest BCUT2D eigenvalue weighted by Gasteiger charge is 1.85. The fourth-order valence-electron chi connectivity index (χ4n) is 3.66. The molecule has 0 amide bonds. The van der Waals surface area contributed by atoms with E-state index in [-0.39, 0.29) is 0 Å². The van der Waals surface area contributed by atoms with Gasteiger partial charge in [0, 0.05) is 116 Å². The van der Waals surface area contributed by atoms with Gasteiger partial charge in [-0.2, -0.15) is 0 Å². The molecule has 0 saturated carbocycles. The molecule has 0 saturated heterocycles. The number of nitrogens with zero attached hydrogens (tertiary/aromatic N) is 12. The van der Waals surface area contributed by atoms with Crippen LogP contribution in [-0.2, 0) is 0 Å². The number of aromatic nitrogens is 6. The van der Waals surface area contributed by atoms with Crippen LogP contribution in [0.15, 0.2) is 176 Å². The summed E-state index contributed by atoms with van der Waals surface area (Å²) in [7, 11) is 8.65. The van der Waals surface area contributed by atoms with E-state index in [1.54, 1.807) is 103 Å². The van der Waals surface area contributed by atoms with Crippen LogP contribution in [0.1, 0.15) is 47.5 Å². The molecule has 0 fully saturated rings. The Hall–Kier alpha value is -7.08. The second kappa shape index (κ2) is 35.0. The summed E-state index contributed by atoms with van der Waals surface area (Å²) < 4.78 is 0. The van der Waals surface area contributed by atoms with Crippen molar-refractivity contribution in [2.45, 2.75) is 13.3 Å². The zero-order chi connectivity index (χ0) is 40.6. The highest BCUT2D eigenvalue weighted by molar-refractivity contribution is 5.78. The minimum Gasteiger partial charge on any atom is -0.294 e. The van der Waals surface area contributed by atoms with Crippen molar-refractivity contribution in [3.05, 3.63) is 181 Å². The van der Waals surface area contributed by atoms with E-state index in [2.05, 4.69) is 66.8 Å². The van der Waals surface area contributed by atoms with Crippen LogP contribution in [0.25, 0.3) is 0 Å². The molecule has 6 aromatic heterocycles. The minimum absolute atomic E-state index is 0.885. The topological polar surface area (TPSA) is 152 Å². The van der Waals surface area contributed by atoms with Gasteiger partial charge in [0.25, 0.3) is 0 Å². The summed E-state index contributed by atoms with van der Waals surface area (Å²) in [6, 6.07) is 34.4. The fourth-order valence-corrected chi connectivity index (χ4v) is 3.66. The molecule has 0 aliphatic carbocycles. The molecule has 0 N–H and O–H groups in total. The van der Waals surface area contributed by atoms with Crippen LogP contribution in [-0.4, -0.2) is 109 Å². The molecular formula is C44H52N12. The molecule has 0 aliphatic heterocycles. The Balaban J connectivity index is 0.000000337. The van der Waals surface area contributed by atoms with Gasteiger partial charge in [0.15, 0.2) is 0 Å². The smallest absolute Gasteiger partial charge is 0.0807 e. The normalized spacial score (nSPS) is 10.4. The van der Waals surface area contributed by atoms with Crippen molar-refractivity contribution in [2.24, 2.45) is 30.0 Å². The van der Waals surface area contributed by atoms with Crippen LogP contribution in [0, 0.1) is 0 Å². The molecule has 12 nitrogen and oxygen atoms in total. The largest absolute Gasteiger partial charge is 0.294 e. The summed E-state index contributed by atoms with van der Waals surface area (Å²) in [6.45, 7) is 2.99. The molecule has 0 radical (unpaired) electrons. The van der Waals surface area contributed by atoms with Crippen molar-refractivity contribution in [1.29, 1.82) is 0 Å². The summed E-state index contributed by atoms with van der Waals surface area (Å²) in [6.07, 6.45) is 22.0. The monoisotopic (exact) mass is 748 g/mol. The Labute approximate surface area is 332 Å². The molecule has 12 heteroatoms. The Bertz CT molecular complexity index is 1640. The molecule has 0 unspecified atom stereocenters. The van der Waals surface area contributed by atoms with Gasteiger partial charge in [0.2, 0.25) is 0 Å². The van der Waals surface area contributed by atoms with E-state index in [0.29, 0.717) is 0 Å². The first-order valence-electron chi connectivity index (χ1n) is 17.7. The van der Waals surface area contributed by atoms with Crippen LogP contribution in [0.4, 0.5) is 0 Å². The fraction of sp³-hybridized carbons (Fsp3) is 0.182. The zero-order valence-corrected chi connectivity index (χ0v) is 33.1. The van der Waals surface area contributed by atoms with E-state index >= 15 is 0 Å². The number of hydrogen-bond acceptors (Lipinski definition) is 12. The summed E-state index contributed by atoms with van der Waals surface area (Å²) in [5, 5.41) is 0. The van der Waals surface area contributed by atoms with Gasteiger partial charge < -0.3 is 0 Å². The van der Waals surface area contributed by atoms with Crippen molar-refractivity contribution < 1.29 is 0 Å². The molecule has 0 aromatic carbocycles. The SMILES string of the molecule is CCCN=Cc1ccccn1.CN=Cc1ccccn1.CN=Cc1ccccn1.CN=Cc1ccccn1.CN=Cc1ccccn1.CN=Cc1ccccn1. The van der Waals surface area contributed by atoms with Crippen LogP contribution >= 0.6 is 0 Å². The lowest BCUT2D eigenvalue weighted by Gasteiger charge is -1.88. The third kappa shape index (κ3) is 26.7. The third-order valence-electron chi connectivity index (χ3n) is 6.01. The van der Waals surface area contributed by atoms with Gasteiger partial charge in [-0.3, -0.25) is 59.9 Å². The standard InChI is InChI=1S/C9H12N2.5C7H8N2/c1-2-6-10-8-9-5-3-4-7-11-9;5*1-8-6-7-4-2-3-5-9-7/h3-5,7-8H,2,6H2,1H3;5*2-6H,1H3. The lowest BCUT2D eigenvalue weighted by molar-refractivity contribution is 0.936. The Kier molecular flexibility index (Phi) is 29.3. The summed E-state index contributed by atoms with van der Waals surface area (Å²) in [5.74, 6) is 0. The Morgan fingerprint density at radius 1 is 0.339 bits per heavy atom. The molecule has 0 aliphatic rings. The molecule has 6 aromatic rings. The molecule has 0 bridgehead atoms. The molecular weight excluding hydrogens is 697 g/mol. The van der Waals surface area contributed by atoms with Gasteiger partial charge in [-0.15, -0.1) is 0 Å². The third-order valence-corrected chi connectivity index (χ3v) is 6.01. The maximum Gasteiger partial charge on any atom is 0.0807 e. The second-order valence-electron chi connectivity index (χ2n) is 10.5. The first-order chi connectivity index (χ1) is 27.6. The van der Waals surface area contributed by atoms with Gasteiger partial charge in [0.05, 0.1) is 34.2 Å². The lowest BCUT2D eigenvalue weighted by Crippen LogP contribution is -1.86. The molecule has 0 spiro atoms. The minimum atomic E-state index is 0.885. The number of hydrogen-bond donors (Lipinski definition) is 0. The highest BCUT2D eigenvalue weighted by Crippen LogP contribution is 1.91. The zero-order valence-electron chi connectivity index (χ0n) is 33.1.